The van der Waals surface area contributed by atoms with E-state index in [1.807, 2.05) is 6.92 Å². The average Bonchev–Trinajstić information content (AvgIpc) is 2.52. The third-order valence-electron chi connectivity index (χ3n) is 1.95. The van der Waals surface area contributed by atoms with E-state index in [0.29, 0.717) is 17.6 Å². The van der Waals surface area contributed by atoms with Crippen molar-refractivity contribution in [3.63, 3.8) is 0 Å². The molecule has 3 heteroatoms. The van der Waals surface area contributed by atoms with Crippen LogP contribution >= 0.6 is 0 Å². The minimum Gasteiger partial charge on any atom is -0.356 e. The van der Waals surface area contributed by atoms with E-state index < -0.39 is 0 Å². The Morgan fingerprint density at radius 3 is 3.08 bits per heavy atom. The molecule has 1 aromatic carbocycles. The van der Waals surface area contributed by atoms with Crippen LogP contribution in [0.5, 0.6) is 0 Å². The molecule has 0 unspecified atom stereocenters. The summed E-state index contributed by atoms with van der Waals surface area (Å²) in [5.41, 5.74) is 1.32. The molecule has 0 radical (unpaired) electrons. The molecule has 0 bridgehead atoms. The zero-order valence-corrected chi connectivity index (χ0v) is 6.67. The third-order valence-corrected chi connectivity index (χ3v) is 1.95. The summed E-state index contributed by atoms with van der Waals surface area (Å²) < 4.78 is 18.0. The number of hydrogen-bond acceptors (Lipinski definition) is 2. The number of nitrogens with zero attached hydrogens (tertiary/aromatic N) is 1. The van der Waals surface area contributed by atoms with Gasteiger partial charge in [0.05, 0.1) is 6.20 Å². The third kappa shape index (κ3) is 0.897. The van der Waals surface area contributed by atoms with Crippen LogP contribution in [0.4, 0.5) is 4.39 Å². The molecule has 0 spiro atoms. The normalized spacial score (nSPS) is 10.8. The van der Waals surface area contributed by atoms with E-state index in [1.54, 1.807) is 12.3 Å². The summed E-state index contributed by atoms with van der Waals surface area (Å²) in [6.07, 6.45) is 2.21. The number of halogens is 1. The molecule has 1 aromatic heterocycles. The Morgan fingerprint density at radius 2 is 2.33 bits per heavy atom. The molecule has 0 aliphatic heterocycles. The van der Waals surface area contributed by atoms with Gasteiger partial charge in [-0.15, -0.1) is 0 Å². The Balaban J connectivity index is 2.83. The highest BCUT2D eigenvalue weighted by Gasteiger charge is 2.07. The smallest absolute Gasteiger partial charge is 0.167 e. The largest absolute Gasteiger partial charge is 0.356 e. The van der Waals surface area contributed by atoms with Crippen molar-refractivity contribution < 1.29 is 8.91 Å². The zero-order valence-electron chi connectivity index (χ0n) is 6.67. The van der Waals surface area contributed by atoms with Gasteiger partial charge < -0.3 is 4.52 Å². The molecule has 2 rings (SSSR count). The van der Waals surface area contributed by atoms with Gasteiger partial charge in [-0.2, -0.15) is 0 Å². The first kappa shape index (κ1) is 7.28. The van der Waals surface area contributed by atoms with Crippen molar-refractivity contribution in [1.82, 2.24) is 5.16 Å². The minimum absolute atomic E-state index is 0.187. The van der Waals surface area contributed by atoms with Crippen LogP contribution in [-0.4, -0.2) is 5.16 Å². The van der Waals surface area contributed by atoms with Crippen molar-refractivity contribution in [2.75, 3.05) is 0 Å². The second-order valence-corrected chi connectivity index (χ2v) is 2.62. The lowest BCUT2D eigenvalue weighted by molar-refractivity contribution is 0.456. The van der Waals surface area contributed by atoms with Crippen LogP contribution in [-0.2, 0) is 6.42 Å². The van der Waals surface area contributed by atoms with E-state index in [1.165, 1.54) is 6.07 Å². The molecule has 62 valence electrons. The lowest BCUT2D eigenvalue weighted by Gasteiger charge is -1.98. The van der Waals surface area contributed by atoms with Crippen LogP contribution < -0.4 is 0 Å². The quantitative estimate of drug-likeness (QED) is 0.649. The Morgan fingerprint density at radius 1 is 1.50 bits per heavy atom. The number of hydrogen-bond donors (Lipinski definition) is 0. The second-order valence-electron chi connectivity index (χ2n) is 2.62. The molecule has 0 fully saturated rings. The number of aromatic nitrogens is 1. The minimum atomic E-state index is -0.187. The van der Waals surface area contributed by atoms with Crippen LogP contribution in [0.25, 0.3) is 11.0 Å². The average molecular weight is 165 g/mol. The summed E-state index contributed by atoms with van der Waals surface area (Å²) in [7, 11) is 0. The maximum atomic E-state index is 13.1. The van der Waals surface area contributed by atoms with Gasteiger partial charge in [-0.1, -0.05) is 12.1 Å². The van der Waals surface area contributed by atoms with Crippen molar-refractivity contribution in [3.05, 3.63) is 29.7 Å². The molecule has 0 amide bonds. The lowest BCUT2D eigenvalue weighted by atomic mass is 10.1. The highest BCUT2D eigenvalue weighted by Crippen LogP contribution is 2.21. The number of fused-ring (bicyclic) bond motifs is 1. The van der Waals surface area contributed by atoms with E-state index >= 15 is 0 Å². The molecule has 2 nitrogen and oxygen atoms in total. The van der Waals surface area contributed by atoms with Gasteiger partial charge in [0.25, 0.3) is 0 Å². The van der Waals surface area contributed by atoms with Gasteiger partial charge in [0.2, 0.25) is 0 Å². The molecule has 0 aliphatic rings. The summed E-state index contributed by atoms with van der Waals surface area (Å²) in [4.78, 5) is 0. The molecule has 2 aromatic rings. The van der Waals surface area contributed by atoms with Gasteiger partial charge >= 0.3 is 0 Å². The Hall–Kier alpha value is -1.38. The highest BCUT2D eigenvalue weighted by molar-refractivity contribution is 5.79. The monoisotopic (exact) mass is 165 g/mol. The van der Waals surface area contributed by atoms with E-state index in [2.05, 4.69) is 5.16 Å². The van der Waals surface area contributed by atoms with Gasteiger partial charge in [0.1, 0.15) is 5.82 Å². The predicted molar refractivity (Wildman–Crippen MR) is 43.3 cm³/mol. The highest BCUT2D eigenvalue weighted by atomic mass is 19.1. The Kier molecular flexibility index (Phi) is 1.57. The second kappa shape index (κ2) is 2.59. The van der Waals surface area contributed by atoms with Crippen molar-refractivity contribution in [2.45, 2.75) is 13.3 Å². The van der Waals surface area contributed by atoms with Crippen LogP contribution in [0.1, 0.15) is 12.5 Å². The molecular weight excluding hydrogens is 157 g/mol. The van der Waals surface area contributed by atoms with Crippen molar-refractivity contribution >= 4 is 11.0 Å². The number of aryl methyl sites for hydroxylation is 1. The molecule has 0 N–H and O–H groups in total. The van der Waals surface area contributed by atoms with Crippen LogP contribution in [0.15, 0.2) is 22.9 Å². The van der Waals surface area contributed by atoms with Gasteiger partial charge in [0.15, 0.2) is 5.58 Å². The molecule has 0 saturated heterocycles. The fraction of sp³-hybridized carbons (Fsp3) is 0.222. The van der Waals surface area contributed by atoms with Crippen molar-refractivity contribution in [2.24, 2.45) is 0 Å². The van der Waals surface area contributed by atoms with Gasteiger partial charge in [0, 0.05) is 10.9 Å². The summed E-state index contributed by atoms with van der Waals surface area (Å²) in [5.74, 6) is -0.187. The number of rotatable bonds is 1. The first-order chi connectivity index (χ1) is 5.83. The zero-order chi connectivity index (χ0) is 8.55. The first-order valence-corrected chi connectivity index (χ1v) is 3.84. The first-order valence-electron chi connectivity index (χ1n) is 3.84. The maximum Gasteiger partial charge on any atom is 0.167 e. The van der Waals surface area contributed by atoms with Crippen LogP contribution in [0.2, 0.25) is 0 Å². The standard InChI is InChI=1S/C9H8FNO/c1-2-6-7-5-11-12-9(7)4-3-8(6)10/h3-5H,2H2,1H3. The maximum absolute atomic E-state index is 13.1. The van der Waals surface area contributed by atoms with Crippen LogP contribution in [0, 0.1) is 5.82 Å². The Labute approximate surface area is 69.0 Å². The van der Waals surface area contributed by atoms with Gasteiger partial charge in [-0.25, -0.2) is 4.39 Å². The molecule has 0 aliphatic carbocycles. The molecular formula is C9H8FNO. The van der Waals surface area contributed by atoms with Gasteiger partial charge in [-0.05, 0) is 18.6 Å². The number of benzene rings is 1. The topological polar surface area (TPSA) is 26.0 Å². The van der Waals surface area contributed by atoms with Crippen LogP contribution in [0.3, 0.4) is 0 Å². The van der Waals surface area contributed by atoms with Crippen molar-refractivity contribution in [1.29, 1.82) is 0 Å². The lowest BCUT2D eigenvalue weighted by Crippen LogP contribution is -1.86. The van der Waals surface area contributed by atoms with E-state index in [0.717, 1.165) is 5.39 Å². The van der Waals surface area contributed by atoms with E-state index in [-0.39, 0.29) is 5.82 Å². The molecule has 1 heterocycles. The summed E-state index contributed by atoms with van der Waals surface area (Å²) >= 11 is 0. The molecule has 12 heavy (non-hydrogen) atoms. The fourth-order valence-electron chi connectivity index (χ4n) is 1.33. The predicted octanol–water partition coefficient (Wildman–Crippen LogP) is 2.53. The van der Waals surface area contributed by atoms with E-state index in [9.17, 15) is 4.39 Å². The fourth-order valence-corrected chi connectivity index (χ4v) is 1.33. The summed E-state index contributed by atoms with van der Waals surface area (Å²) in [5, 5.41) is 4.38. The molecule has 0 atom stereocenters. The Bertz CT molecular complexity index is 408. The molecule has 0 saturated carbocycles. The summed E-state index contributed by atoms with van der Waals surface area (Å²) in [6.45, 7) is 1.91. The van der Waals surface area contributed by atoms with E-state index in [4.69, 9.17) is 4.52 Å². The SMILES string of the molecule is CCc1c(F)ccc2oncc12. The summed E-state index contributed by atoms with van der Waals surface area (Å²) in [6, 6.07) is 3.00. The van der Waals surface area contributed by atoms with Gasteiger partial charge in [-0.3, -0.25) is 0 Å². The van der Waals surface area contributed by atoms with Crippen molar-refractivity contribution in [3.8, 4) is 0 Å².